The van der Waals surface area contributed by atoms with Crippen LogP contribution in [0.3, 0.4) is 0 Å². The molecule has 0 N–H and O–H groups in total. The van der Waals surface area contributed by atoms with Crippen LogP contribution in [0.1, 0.15) is 0 Å². The highest BCUT2D eigenvalue weighted by Gasteiger charge is 1.82. The minimum Gasteiger partial charge on any atom is -0.140 e. The Morgan fingerprint density at radius 3 is 2.83 bits per heavy atom. The lowest BCUT2D eigenvalue weighted by Crippen LogP contribution is -1.50. The average Bonchev–Trinajstić information content (AvgIpc) is 1.72. The lowest BCUT2D eigenvalue weighted by Gasteiger charge is -1.83. The number of nitrogens with zero attached hydrogens (tertiary/aromatic N) is 2. The predicted molar refractivity (Wildman–Crippen MR) is 27.9 cm³/mol. The number of hydrogen-bond donors (Lipinski definition) is 0. The van der Waals surface area contributed by atoms with Crippen LogP contribution in [0.25, 0.3) is 0 Å². The van der Waals surface area contributed by atoms with E-state index < -0.39 is 0 Å². The summed E-state index contributed by atoms with van der Waals surface area (Å²) in [6.07, 6.45) is 2.56. The Bertz CT molecular complexity index is 75.5. The summed E-state index contributed by atoms with van der Waals surface area (Å²) >= 11 is 0. The molecule has 0 fully saturated rings. The molecule has 1 radical (unpaired) electrons. The maximum atomic E-state index is 3.54. The van der Waals surface area contributed by atoms with Gasteiger partial charge in [0.05, 0.1) is 11.0 Å². The Labute approximate surface area is 43.6 Å². The zero-order valence-electron chi connectivity index (χ0n) is 2.79. The maximum Gasteiger partial charge on any atom is 0.122 e. The highest BCUT2D eigenvalue weighted by molar-refractivity contribution is 8.77. The molecule has 0 aromatic heterocycles. The maximum absolute atomic E-state index is 3.54. The van der Waals surface area contributed by atoms with Crippen LogP contribution in [0.4, 0.5) is 0 Å². The van der Waals surface area contributed by atoms with Crippen molar-refractivity contribution in [2.45, 2.75) is 0 Å². The van der Waals surface area contributed by atoms with Crippen LogP contribution in [0, 0.1) is 6.20 Å². The van der Waals surface area contributed by atoms with Crippen molar-refractivity contribution in [1.29, 1.82) is 0 Å². The normalized spacial score (nSPS) is 18.7. The first-order valence-electron chi connectivity index (χ1n) is 1.30. The summed E-state index contributed by atoms with van der Waals surface area (Å²) in [6.45, 7) is 0. The molecule has 0 saturated carbocycles. The first-order valence-corrected chi connectivity index (χ1v) is 3.47. The molecule has 0 unspecified atom stereocenters. The zero-order chi connectivity index (χ0) is 4.24. The van der Waals surface area contributed by atoms with Gasteiger partial charge in [-0.2, -0.15) is 0 Å². The second-order valence-electron chi connectivity index (χ2n) is 0.599. The van der Waals surface area contributed by atoms with Crippen LogP contribution >= 0.6 is 21.8 Å². The quantitative estimate of drug-likeness (QED) is 0.358. The fraction of sp³-hybridized carbons (Fsp3) is 0. The summed E-state index contributed by atoms with van der Waals surface area (Å²) in [5, 5.41) is 5.20. The molecule has 1 rings (SSSR count). The third-order valence-electron chi connectivity index (χ3n) is 0.276. The van der Waals surface area contributed by atoms with Crippen molar-refractivity contribution in [3.05, 3.63) is 11.6 Å². The van der Waals surface area contributed by atoms with E-state index in [9.17, 15) is 0 Å². The number of hydrogen-bond acceptors (Lipinski definition) is 4. The second kappa shape index (κ2) is 2.25. The molecular weight excluding hydrogens is 116 g/mol. The third kappa shape index (κ3) is 1.02. The van der Waals surface area contributed by atoms with Crippen molar-refractivity contribution in [3.63, 3.8) is 0 Å². The van der Waals surface area contributed by atoms with E-state index in [1.165, 1.54) is 21.8 Å². The van der Waals surface area contributed by atoms with Crippen molar-refractivity contribution in [2.75, 3.05) is 0 Å². The fourth-order valence-electron chi connectivity index (χ4n) is 0.126. The SMILES string of the molecule is [C]1=CSSN=N1. The summed E-state index contributed by atoms with van der Waals surface area (Å²) in [5.74, 6) is 0. The molecule has 0 saturated heterocycles. The highest BCUT2D eigenvalue weighted by Crippen LogP contribution is 2.26. The molecule has 1 aliphatic rings. The van der Waals surface area contributed by atoms with Crippen LogP contribution in [0.15, 0.2) is 15.0 Å². The predicted octanol–water partition coefficient (Wildman–Crippen LogP) is 2.02. The highest BCUT2D eigenvalue weighted by atomic mass is 33.1. The van der Waals surface area contributed by atoms with E-state index >= 15 is 0 Å². The van der Waals surface area contributed by atoms with Crippen molar-refractivity contribution in [1.82, 2.24) is 0 Å². The first kappa shape index (κ1) is 4.21. The summed E-state index contributed by atoms with van der Waals surface area (Å²) in [4.78, 5) is 0. The number of rotatable bonds is 0. The average molecular weight is 117 g/mol. The minimum absolute atomic E-state index is 1.35. The molecule has 6 heavy (non-hydrogen) atoms. The molecular formula is C2HN2S2. The molecule has 0 aliphatic carbocycles. The van der Waals surface area contributed by atoms with Gasteiger partial charge in [0.15, 0.2) is 0 Å². The molecule has 0 aromatic rings. The van der Waals surface area contributed by atoms with Gasteiger partial charge in [0, 0.05) is 5.41 Å². The van der Waals surface area contributed by atoms with E-state index in [0.717, 1.165) is 0 Å². The smallest absolute Gasteiger partial charge is 0.122 e. The molecule has 0 spiro atoms. The van der Waals surface area contributed by atoms with Crippen molar-refractivity contribution in [3.8, 4) is 0 Å². The van der Waals surface area contributed by atoms with Gasteiger partial charge in [-0.05, 0) is 10.8 Å². The van der Waals surface area contributed by atoms with Gasteiger partial charge < -0.3 is 0 Å². The van der Waals surface area contributed by atoms with Crippen molar-refractivity contribution >= 4 is 21.8 Å². The lowest BCUT2D eigenvalue weighted by atomic mass is 11.1. The van der Waals surface area contributed by atoms with E-state index in [4.69, 9.17) is 0 Å². The molecule has 0 aromatic carbocycles. The Kier molecular flexibility index (Phi) is 1.58. The summed E-state index contributed by atoms with van der Waals surface area (Å²) in [7, 11) is 2.87. The largest absolute Gasteiger partial charge is 0.140 e. The van der Waals surface area contributed by atoms with E-state index in [2.05, 4.69) is 15.8 Å². The van der Waals surface area contributed by atoms with Crippen LogP contribution < -0.4 is 0 Å². The molecule has 2 nitrogen and oxygen atoms in total. The van der Waals surface area contributed by atoms with Gasteiger partial charge >= 0.3 is 0 Å². The Hall–Kier alpha value is 0.0400. The van der Waals surface area contributed by atoms with E-state index in [1.807, 2.05) is 0 Å². The molecule has 0 amide bonds. The second-order valence-corrected chi connectivity index (χ2v) is 2.36. The van der Waals surface area contributed by atoms with Gasteiger partial charge in [-0.15, -0.1) is 9.63 Å². The van der Waals surface area contributed by atoms with Crippen molar-refractivity contribution < 1.29 is 0 Å². The summed E-state index contributed by atoms with van der Waals surface area (Å²) in [6, 6.07) is 0. The summed E-state index contributed by atoms with van der Waals surface area (Å²) in [5.41, 5.74) is 0. The van der Waals surface area contributed by atoms with Crippen LogP contribution in [0.5, 0.6) is 0 Å². The Balaban J connectivity index is 2.46. The molecule has 1 aliphatic heterocycles. The topological polar surface area (TPSA) is 24.7 Å². The van der Waals surface area contributed by atoms with E-state index in [1.54, 1.807) is 5.41 Å². The molecule has 0 bridgehead atoms. The summed E-state index contributed by atoms with van der Waals surface area (Å²) < 4.78 is 3.54. The van der Waals surface area contributed by atoms with Gasteiger partial charge in [0.1, 0.15) is 6.20 Å². The van der Waals surface area contributed by atoms with Crippen molar-refractivity contribution in [2.24, 2.45) is 9.63 Å². The Morgan fingerprint density at radius 1 is 1.67 bits per heavy atom. The molecule has 4 heteroatoms. The van der Waals surface area contributed by atoms with Gasteiger partial charge in [-0.1, -0.05) is 0 Å². The van der Waals surface area contributed by atoms with Gasteiger partial charge in [-0.25, -0.2) is 0 Å². The van der Waals surface area contributed by atoms with E-state index in [0.29, 0.717) is 0 Å². The van der Waals surface area contributed by atoms with Crippen LogP contribution in [-0.4, -0.2) is 0 Å². The standard InChI is InChI=1S/C2HN2S2/c1-2-5-6-4-3-1/h2H. The zero-order valence-corrected chi connectivity index (χ0v) is 4.42. The molecule has 0 atom stereocenters. The van der Waals surface area contributed by atoms with Gasteiger partial charge in [-0.3, -0.25) is 0 Å². The third-order valence-corrected chi connectivity index (χ3v) is 1.46. The van der Waals surface area contributed by atoms with E-state index in [-0.39, 0.29) is 0 Å². The fourth-order valence-corrected chi connectivity index (χ4v) is 0.852. The van der Waals surface area contributed by atoms with Gasteiger partial charge in [0.25, 0.3) is 0 Å². The first-order chi connectivity index (χ1) is 3.00. The Morgan fingerprint density at radius 2 is 2.67 bits per heavy atom. The monoisotopic (exact) mass is 117 g/mol. The van der Waals surface area contributed by atoms with Gasteiger partial charge in [0.2, 0.25) is 0 Å². The van der Waals surface area contributed by atoms with Crippen LogP contribution in [0.2, 0.25) is 0 Å². The lowest BCUT2D eigenvalue weighted by molar-refractivity contribution is 1.31. The molecule has 31 valence electrons. The minimum atomic E-state index is 1.35. The van der Waals surface area contributed by atoms with Crippen LogP contribution in [-0.2, 0) is 0 Å². The molecule has 1 heterocycles.